The molecule has 0 spiro atoms. The number of nitrogens with zero attached hydrogens (tertiary/aromatic N) is 1. The van der Waals surface area contributed by atoms with Crippen molar-refractivity contribution >= 4 is 0 Å². The fourth-order valence-corrected chi connectivity index (χ4v) is 1.63. The molecule has 0 aliphatic rings. The molecule has 0 aliphatic carbocycles. The zero-order valence-electron chi connectivity index (χ0n) is 10.1. The van der Waals surface area contributed by atoms with Gasteiger partial charge >= 0.3 is 12.4 Å². The van der Waals surface area contributed by atoms with Gasteiger partial charge in [0.2, 0.25) is 0 Å². The van der Waals surface area contributed by atoms with Gasteiger partial charge in [-0.1, -0.05) is 12.1 Å². The first kappa shape index (κ1) is 15.3. The van der Waals surface area contributed by atoms with Crippen LogP contribution in [0.2, 0.25) is 0 Å². The summed E-state index contributed by atoms with van der Waals surface area (Å²) in [7, 11) is 0. The van der Waals surface area contributed by atoms with Crippen LogP contribution in [0.5, 0.6) is 0 Å². The molecule has 8 heteroatoms. The lowest BCUT2D eigenvalue weighted by atomic mass is 10.1. The SMILES string of the molecule is Fc1cc(-c2ccc(C(F)(F)F)cc2)ncc1C(F)(F)F. The van der Waals surface area contributed by atoms with E-state index in [1.807, 2.05) is 0 Å². The van der Waals surface area contributed by atoms with Crippen LogP contribution in [0.1, 0.15) is 11.1 Å². The Morgan fingerprint density at radius 2 is 1.38 bits per heavy atom. The van der Waals surface area contributed by atoms with Crippen molar-refractivity contribution in [3.05, 3.63) is 53.5 Å². The van der Waals surface area contributed by atoms with Crippen LogP contribution in [0, 0.1) is 5.82 Å². The van der Waals surface area contributed by atoms with Crippen LogP contribution in [0.25, 0.3) is 11.3 Å². The standard InChI is InChI=1S/C13H6F7N/c14-10-5-11(21-6-9(10)13(18,19)20)7-1-3-8(4-2-7)12(15,16)17/h1-6H. The maximum Gasteiger partial charge on any atom is 0.420 e. The first-order chi connectivity index (χ1) is 9.59. The van der Waals surface area contributed by atoms with Crippen molar-refractivity contribution in [2.75, 3.05) is 0 Å². The quantitative estimate of drug-likeness (QED) is 0.681. The monoisotopic (exact) mass is 309 g/mol. The third-order valence-electron chi connectivity index (χ3n) is 2.67. The number of pyridine rings is 1. The summed E-state index contributed by atoms with van der Waals surface area (Å²) in [6.07, 6.45) is -9.10. The van der Waals surface area contributed by atoms with Gasteiger partial charge in [-0.15, -0.1) is 0 Å². The summed E-state index contributed by atoms with van der Waals surface area (Å²) in [5.41, 5.74) is -2.55. The van der Waals surface area contributed by atoms with Crippen LogP contribution in [-0.2, 0) is 12.4 Å². The Balaban J connectivity index is 2.37. The fourth-order valence-electron chi connectivity index (χ4n) is 1.63. The molecule has 0 saturated heterocycles. The number of aromatic nitrogens is 1. The highest BCUT2D eigenvalue weighted by Crippen LogP contribution is 2.33. The maximum atomic E-state index is 13.4. The zero-order valence-corrected chi connectivity index (χ0v) is 10.1. The van der Waals surface area contributed by atoms with Crippen LogP contribution in [0.4, 0.5) is 30.7 Å². The van der Waals surface area contributed by atoms with Crippen LogP contribution < -0.4 is 0 Å². The lowest BCUT2D eigenvalue weighted by Crippen LogP contribution is -2.09. The summed E-state index contributed by atoms with van der Waals surface area (Å²) in [4.78, 5) is 3.43. The molecule has 112 valence electrons. The molecule has 1 aromatic carbocycles. The Morgan fingerprint density at radius 1 is 0.810 bits per heavy atom. The van der Waals surface area contributed by atoms with E-state index in [9.17, 15) is 30.7 Å². The van der Waals surface area contributed by atoms with Crippen LogP contribution >= 0.6 is 0 Å². The normalized spacial score (nSPS) is 12.5. The Morgan fingerprint density at radius 3 is 1.81 bits per heavy atom. The molecule has 0 radical (unpaired) electrons. The average molecular weight is 309 g/mol. The van der Waals surface area contributed by atoms with Crippen molar-refractivity contribution in [3.8, 4) is 11.3 Å². The fraction of sp³-hybridized carbons (Fsp3) is 0.154. The van der Waals surface area contributed by atoms with Crippen molar-refractivity contribution in [2.45, 2.75) is 12.4 Å². The molecule has 0 bridgehead atoms. The molecule has 2 rings (SSSR count). The molecule has 21 heavy (non-hydrogen) atoms. The number of rotatable bonds is 1. The molecular weight excluding hydrogens is 303 g/mol. The molecule has 0 saturated carbocycles. The Hall–Kier alpha value is -2.12. The largest absolute Gasteiger partial charge is 0.420 e. The first-order valence-electron chi connectivity index (χ1n) is 5.49. The smallest absolute Gasteiger partial charge is 0.255 e. The van der Waals surface area contributed by atoms with Gasteiger partial charge in [0.15, 0.2) is 0 Å². The van der Waals surface area contributed by atoms with E-state index in [2.05, 4.69) is 4.98 Å². The summed E-state index contributed by atoms with van der Waals surface area (Å²) in [5, 5.41) is 0. The molecule has 1 aromatic heterocycles. The first-order valence-corrected chi connectivity index (χ1v) is 5.49. The number of hydrogen-bond donors (Lipinski definition) is 0. The molecule has 0 fully saturated rings. The molecular formula is C13H6F7N. The van der Waals surface area contributed by atoms with Gasteiger partial charge in [-0.25, -0.2) is 4.39 Å². The number of halogens is 7. The van der Waals surface area contributed by atoms with Gasteiger partial charge in [0.1, 0.15) is 11.4 Å². The summed E-state index contributed by atoms with van der Waals surface area (Å²) in [6, 6.07) is 4.04. The van der Waals surface area contributed by atoms with E-state index in [1.165, 1.54) is 0 Å². The topological polar surface area (TPSA) is 12.9 Å². The van der Waals surface area contributed by atoms with Gasteiger partial charge < -0.3 is 0 Å². The zero-order chi connectivity index (χ0) is 15.8. The Kier molecular flexibility index (Phi) is 3.65. The molecule has 0 aliphatic heterocycles. The van der Waals surface area contributed by atoms with Crippen molar-refractivity contribution in [1.82, 2.24) is 4.98 Å². The lowest BCUT2D eigenvalue weighted by molar-refractivity contribution is -0.140. The third-order valence-corrected chi connectivity index (χ3v) is 2.67. The van der Waals surface area contributed by atoms with Gasteiger partial charge in [-0.3, -0.25) is 4.98 Å². The third kappa shape index (κ3) is 3.32. The van der Waals surface area contributed by atoms with E-state index < -0.39 is 29.3 Å². The summed E-state index contributed by atoms with van der Waals surface area (Å²) in [5.74, 6) is -1.53. The minimum atomic E-state index is -4.88. The number of benzene rings is 1. The van der Waals surface area contributed by atoms with Crippen molar-refractivity contribution < 1.29 is 30.7 Å². The van der Waals surface area contributed by atoms with E-state index in [4.69, 9.17) is 0 Å². The van der Waals surface area contributed by atoms with Crippen LogP contribution in [0.15, 0.2) is 36.5 Å². The minimum Gasteiger partial charge on any atom is -0.255 e. The van der Waals surface area contributed by atoms with Gasteiger partial charge in [0, 0.05) is 17.8 Å². The highest BCUT2D eigenvalue weighted by atomic mass is 19.4. The van der Waals surface area contributed by atoms with Crippen molar-refractivity contribution in [1.29, 1.82) is 0 Å². The van der Waals surface area contributed by atoms with E-state index in [1.54, 1.807) is 0 Å². The number of alkyl halides is 6. The van der Waals surface area contributed by atoms with E-state index >= 15 is 0 Å². The van der Waals surface area contributed by atoms with Crippen molar-refractivity contribution in [3.63, 3.8) is 0 Å². The average Bonchev–Trinajstić information content (AvgIpc) is 2.36. The predicted molar refractivity (Wildman–Crippen MR) is 59.6 cm³/mol. The summed E-state index contributed by atoms with van der Waals surface area (Å²) in [6.45, 7) is 0. The molecule has 0 N–H and O–H groups in total. The highest BCUT2D eigenvalue weighted by molar-refractivity contribution is 5.59. The second-order valence-electron chi connectivity index (χ2n) is 4.12. The molecule has 2 aromatic rings. The Labute approximate surface area is 114 Å². The number of hydrogen-bond acceptors (Lipinski definition) is 1. The second kappa shape index (κ2) is 5.01. The van der Waals surface area contributed by atoms with E-state index in [-0.39, 0.29) is 11.3 Å². The predicted octanol–water partition coefficient (Wildman–Crippen LogP) is 4.93. The molecule has 0 unspecified atom stereocenters. The Bertz CT molecular complexity index is 641. The van der Waals surface area contributed by atoms with Gasteiger partial charge in [0.05, 0.1) is 11.3 Å². The van der Waals surface area contributed by atoms with E-state index in [0.29, 0.717) is 12.3 Å². The van der Waals surface area contributed by atoms with Crippen LogP contribution in [-0.4, -0.2) is 4.98 Å². The summed E-state index contributed by atoms with van der Waals surface area (Å²) < 4.78 is 87.6. The molecule has 0 amide bonds. The van der Waals surface area contributed by atoms with Gasteiger partial charge in [-0.05, 0) is 12.1 Å². The van der Waals surface area contributed by atoms with Gasteiger partial charge in [-0.2, -0.15) is 26.3 Å². The van der Waals surface area contributed by atoms with E-state index in [0.717, 1.165) is 24.3 Å². The lowest BCUT2D eigenvalue weighted by Gasteiger charge is -2.10. The maximum absolute atomic E-state index is 13.4. The summed E-state index contributed by atoms with van der Waals surface area (Å²) >= 11 is 0. The highest BCUT2D eigenvalue weighted by Gasteiger charge is 2.35. The van der Waals surface area contributed by atoms with Crippen LogP contribution in [0.3, 0.4) is 0 Å². The minimum absolute atomic E-state index is 0.0793. The van der Waals surface area contributed by atoms with Crippen molar-refractivity contribution in [2.24, 2.45) is 0 Å². The molecule has 1 nitrogen and oxygen atoms in total. The van der Waals surface area contributed by atoms with Gasteiger partial charge in [0.25, 0.3) is 0 Å². The second-order valence-corrected chi connectivity index (χ2v) is 4.12. The molecule has 1 heterocycles. The molecule has 0 atom stereocenters.